The number of hydrogen-bond acceptors (Lipinski definition) is 3. The SMILES string of the molecule is CCOC(=O)C1=Cc2ccc(C=Cc3ccccc3)cc2OC1C(F)(F)F. The number of alkyl halides is 3. The molecule has 0 spiro atoms. The lowest BCUT2D eigenvalue weighted by Gasteiger charge is -2.28. The Morgan fingerprint density at radius 1 is 1.11 bits per heavy atom. The maximum absolute atomic E-state index is 13.4. The summed E-state index contributed by atoms with van der Waals surface area (Å²) in [5, 5.41) is 0. The number of hydrogen-bond donors (Lipinski definition) is 0. The number of benzene rings is 2. The molecule has 3 rings (SSSR count). The summed E-state index contributed by atoms with van der Waals surface area (Å²) >= 11 is 0. The quantitative estimate of drug-likeness (QED) is 0.550. The Morgan fingerprint density at radius 2 is 1.81 bits per heavy atom. The fourth-order valence-corrected chi connectivity index (χ4v) is 2.69. The molecule has 0 fully saturated rings. The molecule has 0 aliphatic carbocycles. The molecule has 27 heavy (non-hydrogen) atoms. The molecule has 3 nitrogen and oxygen atoms in total. The topological polar surface area (TPSA) is 35.5 Å². The lowest BCUT2D eigenvalue weighted by molar-refractivity contribution is -0.187. The van der Waals surface area contributed by atoms with Gasteiger partial charge in [0.1, 0.15) is 5.75 Å². The Kier molecular flexibility index (Phi) is 5.35. The maximum atomic E-state index is 13.4. The van der Waals surface area contributed by atoms with Crippen LogP contribution in [-0.4, -0.2) is 24.9 Å². The Labute approximate surface area is 154 Å². The first kappa shape index (κ1) is 18.8. The van der Waals surface area contributed by atoms with Gasteiger partial charge in [-0.25, -0.2) is 4.79 Å². The van der Waals surface area contributed by atoms with Gasteiger partial charge in [-0.1, -0.05) is 54.6 Å². The molecule has 0 aromatic heterocycles. The van der Waals surface area contributed by atoms with Crippen molar-refractivity contribution in [3.05, 3.63) is 70.8 Å². The van der Waals surface area contributed by atoms with Crippen LogP contribution in [0.1, 0.15) is 23.6 Å². The molecule has 1 heterocycles. The molecule has 0 radical (unpaired) electrons. The summed E-state index contributed by atoms with van der Waals surface area (Å²) in [7, 11) is 0. The van der Waals surface area contributed by atoms with E-state index in [9.17, 15) is 18.0 Å². The minimum absolute atomic E-state index is 0.0170. The second-order valence-corrected chi connectivity index (χ2v) is 5.90. The molecule has 0 amide bonds. The van der Waals surface area contributed by atoms with Crippen molar-refractivity contribution in [3.8, 4) is 5.75 Å². The zero-order valence-corrected chi connectivity index (χ0v) is 14.5. The van der Waals surface area contributed by atoms with Crippen LogP contribution in [0.25, 0.3) is 18.2 Å². The number of halogens is 3. The van der Waals surface area contributed by atoms with E-state index in [-0.39, 0.29) is 12.4 Å². The molecule has 140 valence electrons. The van der Waals surface area contributed by atoms with E-state index < -0.39 is 23.8 Å². The molecule has 6 heteroatoms. The average Bonchev–Trinajstić information content (AvgIpc) is 2.65. The zero-order chi connectivity index (χ0) is 19.4. The molecule has 2 aromatic rings. The summed E-state index contributed by atoms with van der Waals surface area (Å²) in [6.45, 7) is 1.51. The van der Waals surface area contributed by atoms with E-state index in [0.29, 0.717) is 11.1 Å². The van der Waals surface area contributed by atoms with Crippen molar-refractivity contribution in [2.24, 2.45) is 0 Å². The van der Waals surface area contributed by atoms with E-state index in [2.05, 4.69) is 0 Å². The molecular weight excluding hydrogens is 357 g/mol. The fourth-order valence-electron chi connectivity index (χ4n) is 2.69. The van der Waals surface area contributed by atoms with E-state index in [4.69, 9.17) is 9.47 Å². The minimum Gasteiger partial charge on any atom is -0.475 e. The van der Waals surface area contributed by atoms with E-state index in [1.165, 1.54) is 19.1 Å². The predicted molar refractivity (Wildman–Crippen MR) is 96.9 cm³/mol. The van der Waals surface area contributed by atoms with Gasteiger partial charge in [0.15, 0.2) is 0 Å². The smallest absolute Gasteiger partial charge is 0.430 e. The standard InChI is InChI=1S/C21H17F3O3/c1-2-26-20(25)17-13-16-11-10-15(9-8-14-6-4-3-5-7-14)12-18(16)27-19(17)21(22,23)24/h3-13,19H,2H2,1H3. The van der Waals surface area contributed by atoms with Gasteiger partial charge >= 0.3 is 12.1 Å². The van der Waals surface area contributed by atoms with Crippen LogP contribution in [0.15, 0.2) is 54.1 Å². The minimum atomic E-state index is -4.73. The third kappa shape index (κ3) is 4.39. The molecule has 1 aliphatic heterocycles. The molecular formula is C21H17F3O3. The summed E-state index contributed by atoms with van der Waals surface area (Å²) < 4.78 is 50.0. The summed E-state index contributed by atoms with van der Waals surface area (Å²) in [5.41, 5.74) is 1.50. The summed E-state index contributed by atoms with van der Waals surface area (Å²) in [6, 6.07) is 14.4. The van der Waals surface area contributed by atoms with Crippen LogP contribution in [0.2, 0.25) is 0 Å². The van der Waals surface area contributed by atoms with Gasteiger partial charge in [-0.15, -0.1) is 0 Å². The molecule has 1 aliphatic rings. The van der Waals surface area contributed by atoms with Crippen molar-refractivity contribution in [2.75, 3.05) is 6.61 Å². The summed E-state index contributed by atoms with van der Waals surface area (Å²) in [5.74, 6) is -0.959. The number of carbonyl (C=O) groups excluding carboxylic acids is 1. The van der Waals surface area contributed by atoms with E-state index in [1.807, 2.05) is 36.4 Å². The van der Waals surface area contributed by atoms with Crippen LogP contribution < -0.4 is 4.74 Å². The highest BCUT2D eigenvalue weighted by Crippen LogP contribution is 2.38. The van der Waals surface area contributed by atoms with Gasteiger partial charge in [0, 0.05) is 5.56 Å². The lowest BCUT2D eigenvalue weighted by atomic mass is 9.99. The van der Waals surface area contributed by atoms with Gasteiger partial charge in [0.05, 0.1) is 12.2 Å². The first-order valence-corrected chi connectivity index (χ1v) is 8.37. The van der Waals surface area contributed by atoms with Gasteiger partial charge < -0.3 is 9.47 Å². The number of esters is 1. The van der Waals surface area contributed by atoms with E-state index in [0.717, 1.165) is 5.56 Å². The lowest BCUT2D eigenvalue weighted by Crippen LogP contribution is -2.40. The Bertz CT molecular complexity index is 883. The van der Waals surface area contributed by atoms with Gasteiger partial charge in [0.25, 0.3) is 0 Å². The third-order valence-electron chi connectivity index (χ3n) is 3.95. The van der Waals surface area contributed by atoms with Crippen LogP contribution in [0, 0.1) is 0 Å². The highest BCUT2D eigenvalue weighted by Gasteiger charge is 2.48. The zero-order valence-electron chi connectivity index (χ0n) is 14.5. The molecule has 0 bridgehead atoms. The molecule has 1 unspecified atom stereocenters. The van der Waals surface area contributed by atoms with Crippen molar-refractivity contribution >= 4 is 24.2 Å². The van der Waals surface area contributed by atoms with Gasteiger partial charge in [-0.05, 0) is 30.2 Å². The van der Waals surface area contributed by atoms with Gasteiger partial charge in [-0.3, -0.25) is 0 Å². The largest absolute Gasteiger partial charge is 0.475 e. The third-order valence-corrected chi connectivity index (χ3v) is 3.95. The monoisotopic (exact) mass is 374 g/mol. The molecule has 2 aromatic carbocycles. The molecule has 0 N–H and O–H groups in total. The Morgan fingerprint density at radius 3 is 2.48 bits per heavy atom. The van der Waals surface area contributed by atoms with Crippen molar-refractivity contribution in [1.29, 1.82) is 0 Å². The van der Waals surface area contributed by atoms with E-state index in [1.54, 1.807) is 18.2 Å². The second-order valence-electron chi connectivity index (χ2n) is 5.90. The highest BCUT2D eigenvalue weighted by atomic mass is 19.4. The summed E-state index contributed by atoms with van der Waals surface area (Å²) in [4.78, 5) is 11.9. The van der Waals surface area contributed by atoms with Crippen molar-refractivity contribution < 1.29 is 27.4 Å². The number of fused-ring (bicyclic) bond motifs is 1. The summed E-state index contributed by atoms with van der Waals surface area (Å²) in [6.07, 6.45) is -2.26. The first-order chi connectivity index (χ1) is 12.9. The van der Waals surface area contributed by atoms with Crippen LogP contribution >= 0.6 is 0 Å². The normalized spacial score (nSPS) is 16.4. The van der Waals surface area contributed by atoms with E-state index >= 15 is 0 Å². The van der Waals surface area contributed by atoms with Crippen molar-refractivity contribution in [3.63, 3.8) is 0 Å². The first-order valence-electron chi connectivity index (χ1n) is 8.37. The highest BCUT2D eigenvalue weighted by molar-refractivity contribution is 5.96. The Balaban J connectivity index is 1.93. The predicted octanol–water partition coefficient (Wildman–Crippen LogP) is 5.13. The van der Waals surface area contributed by atoms with Crippen LogP contribution in [-0.2, 0) is 9.53 Å². The van der Waals surface area contributed by atoms with Crippen molar-refractivity contribution in [1.82, 2.24) is 0 Å². The Hall–Kier alpha value is -3.02. The van der Waals surface area contributed by atoms with Gasteiger partial charge in [0.2, 0.25) is 6.10 Å². The number of rotatable bonds is 4. The second kappa shape index (κ2) is 7.70. The van der Waals surface area contributed by atoms with Crippen LogP contribution in [0.3, 0.4) is 0 Å². The maximum Gasteiger partial charge on any atom is 0.430 e. The number of carbonyl (C=O) groups is 1. The molecule has 0 saturated heterocycles. The van der Waals surface area contributed by atoms with Crippen LogP contribution in [0.4, 0.5) is 13.2 Å². The van der Waals surface area contributed by atoms with Crippen LogP contribution in [0.5, 0.6) is 5.75 Å². The fraction of sp³-hybridized carbons (Fsp3) is 0.190. The van der Waals surface area contributed by atoms with Gasteiger partial charge in [-0.2, -0.15) is 13.2 Å². The van der Waals surface area contributed by atoms with Crippen molar-refractivity contribution in [2.45, 2.75) is 19.2 Å². The molecule has 0 saturated carbocycles. The molecule has 1 atom stereocenters. The average molecular weight is 374 g/mol. The number of ether oxygens (including phenoxy) is 2.